The lowest BCUT2D eigenvalue weighted by atomic mass is 9.93. The molecule has 11 heteroatoms. The monoisotopic (exact) mass is 541 g/mol. The molecule has 3 aromatic rings. The maximum atomic E-state index is 13.7. The van der Waals surface area contributed by atoms with Crippen molar-refractivity contribution in [3.05, 3.63) is 42.1 Å². The highest BCUT2D eigenvalue weighted by atomic mass is 32.2. The smallest absolute Gasteiger partial charge is 0.251 e. The van der Waals surface area contributed by atoms with Gasteiger partial charge in [-0.2, -0.15) is 0 Å². The standard InChI is InChI=1S/C27H33F2N7OS/c1-19-15-21(30-25(16-19)35-13-9-27(28,29)10-14-35)22-18-36(33-31-22)23-4-3-20(32-38(2)37)17-24(23)34-11-7-26(5-6-26)8-12-34/h3-4,15-18,32H,5-14H2,1-2H3. The molecule has 4 heterocycles. The van der Waals surface area contributed by atoms with Crippen LogP contribution in [-0.4, -0.2) is 62.5 Å². The Morgan fingerprint density at radius 2 is 1.61 bits per heavy atom. The minimum atomic E-state index is -2.60. The number of alkyl halides is 2. The molecule has 2 saturated heterocycles. The summed E-state index contributed by atoms with van der Waals surface area (Å²) < 4.78 is 44.0. The van der Waals surface area contributed by atoms with E-state index in [1.807, 2.05) is 48.4 Å². The molecule has 3 aliphatic rings. The molecule has 1 aromatic carbocycles. The number of nitrogens with one attached hydrogen (secondary N) is 1. The minimum Gasteiger partial charge on any atom is -0.370 e. The van der Waals surface area contributed by atoms with Crippen molar-refractivity contribution in [2.45, 2.75) is 51.4 Å². The lowest BCUT2D eigenvalue weighted by molar-refractivity contribution is -0.0221. The third kappa shape index (κ3) is 5.25. The van der Waals surface area contributed by atoms with Crippen LogP contribution in [0.15, 0.2) is 36.5 Å². The molecule has 2 aliphatic heterocycles. The van der Waals surface area contributed by atoms with E-state index >= 15 is 0 Å². The van der Waals surface area contributed by atoms with Crippen LogP contribution in [0.1, 0.15) is 44.1 Å². The number of anilines is 3. The zero-order valence-corrected chi connectivity index (χ0v) is 22.6. The maximum absolute atomic E-state index is 13.7. The summed E-state index contributed by atoms with van der Waals surface area (Å²) in [6.45, 7) is 4.48. The van der Waals surface area contributed by atoms with Gasteiger partial charge < -0.3 is 14.5 Å². The molecule has 3 fully saturated rings. The van der Waals surface area contributed by atoms with E-state index in [2.05, 4.69) is 19.9 Å². The van der Waals surface area contributed by atoms with Crippen molar-refractivity contribution in [2.24, 2.45) is 5.41 Å². The molecule has 8 nitrogen and oxygen atoms in total. The number of nitrogens with zero attached hydrogens (tertiary/aromatic N) is 6. The van der Waals surface area contributed by atoms with Crippen LogP contribution in [0.3, 0.4) is 0 Å². The summed E-state index contributed by atoms with van der Waals surface area (Å²) >= 11 is 0. The zero-order valence-electron chi connectivity index (χ0n) is 21.8. The molecule has 1 aliphatic carbocycles. The van der Waals surface area contributed by atoms with Crippen molar-refractivity contribution in [2.75, 3.05) is 47.0 Å². The fraction of sp³-hybridized carbons (Fsp3) is 0.519. The first kappa shape index (κ1) is 25.2. The lowest BCUT2D eigenvalue weighted by Gasteiger charge is -2.35. The molecule has 1 spiro atoms. The molecule has 1 saturated carbocycles. The Morgan fingerprint density at radius 1 is 0.895 bits per heavy atom. The van der Waals surface area contributed by atoms with Crippen LogP contribution in [-0.2, 0) is 11.0 Å². The van der Waals surface area contributed by atoms with Crippen LogP contribution in [0, 0.1) is 12.3 Å². The molecule has 6 rings (SSSR count). The Balaban J connectivity index is 1.30. The Labute approximate surface area is 224 Å². The first-order chi connectivity index (χ1) is 18.2. The summed E-state index contributed by atoms with van der Waals surface area (Å²) in [5.74, 6) is -1.91. The lowest BCUT2D eigenvalue weighted by Crippen LogP contribution is -2.39. The number of aromatic nitrogens is 4. The van der Waals surface area contributed by atoms with Gasteiger partial charge in [-0.3, -0.25) is 0 Å². The third-order valence-corrected chi connectivity index (χ3v) is 8.66. The summed E-state index contributed by atoms with van der Waals surface area (Å²) in [6, 6.07) is 9.80. The average Bonchev–Trinajstić information content (AvgIpc) is 3.44. The summed E-state index contributed by atoms with van der Waals surface area (Å²) in [4.78, 5) is 9.08. The van der Waals surface area contributed by atoms with Crippen molar-refractivity contribution in [3.8, 4) is 17.1 Å². The predicted octanol–water partition coefficient (Wildman–Crippen LogP) is 4.96. The summed E-state index contributed by atoms with van der Waals surface area (Å²) in [7, 11) is -1.17. The number of piperidine rings is 2. The van der Waals surface area contributed by atoms with Crippen molar-refractivity contribution in [3.63, 3.8) is 0 Å². The Hall–Kier alpha value is -3.08. The molecule has 0 bridgehead atoms. The largest absolute Gasteiger partial charge is 0.370 e. The van der Waals surface area contributed by atoms with Crippen LogP contribution >= 0.6 is 0 Å². The van der Waals surface area contributed by atoms with Crippen LogP contribution < -0.4 is 14.5 Å². The van der Waals surface area contributed by atoms with Gasteiger partial charge in [0.15, 0.2) is 0 Å². The Morgan fingerprint density at radius 3 is 2.29 bits per heavy atom. The molecular weight excluding hydrogens is 508 g/mol. The van der Waals surface area contributed by atoms with Gasteiger partial charge >= 0.3 is 0 Å². The van der Waals surface area contributed by atoms with Crippen LogP contribution in [0.2, 0.25) is 0 Å². The number of pyridine rings is 1. The van der Waals surface area contributed by atoms with E-state index in [1.165, 1.54) is 25.7 Å². The van der Waals surface area contributed by atoms with E-state index in [1.54, 1.807) is 10.9 Å². The highest BCUT2D eigenvalue weighted by molar-refractivity contribution is 7.85. The number of benzene rings is 1. The molecule has 1 atom stereocenters. The normalized spacial score (nSPS) is 20.9. The van der Waals surface area contributed by atoms with Crippen LogP contribution in [0.25, 0.3) is 17.1 Å². The summed E-state index contributed by atoms with van der Waals surface area (Å²) in [5.41, 5.74) is 5.55. The van der Waals surface area contributed by atoms with E-state index in [4.69, 9.17) is 4.98 Å². The number of rotatable bonds is 6. The Kier molecular flexibility index (Phi) is 6.36. The topological polar surface area (TPSA) is 79.2 Å². The highest BCUT2D eigenvalue weighted by Gasteiger charge is 2.44. The van der Waals surface area contributed by atoms with E-state index < -0.39 is 16.9 Å². The first-order valence-corrected chi connectivity index (χ1v) is 14.8. The van der Waals surface area contributed by atoms with Crippen molar-refractivity contribution in [1.29, 1.82) is 0 Å². The fourth-order valence-electron chi connectivity index (χ4n) is 5.60. The predicted molar refractivity (Wildman–Crippen MR) is 147 cm³/mol. The molecule has 0 radical (unpaired) electrons. The number of hydrogen-bond donors (Lipinski definition) is 1. The van der Waals surface area contributed by atoms with E-state index in [9.17, 15) is 13.0 Å². The SMILES string of the molecule is Cc1cc(-c2cn(-c3ccc(NS(C)=O)cc3N3CCC4(CC3)CC4)nn2)nc(N2CCC(F)(F)CC2)c1. The number of halogens is 2. The van der Waals surface area contributed by atoms with Crippen LogP contribution in [0.4, 0.5) is 26.0 Å². The molecule has 38 heavy (non-hydrogen) atoms. The molecule has 0 amide bonds. The molecule has 2 aromatic heterocycles. The van der Waals surface area contributed by atoms with Gasteiger partial charge in [0.25, 0.3) is 5.92 Å². The second-order valence-corrected chi connectivity index (χ2v) is 12.1. The van der Waals surface area contributed by atoms with Gasteiger partial charge in [-0.1, -0.05) is 5.21 Å². The maximum Gasteiger partial charge on any atom is 0.251 e. The number of hydrogen-bond acceptors (Lipinski definition) is 6. The van der Waals surface area contributed by atoms with Crippen LogP contribution in [0.5, 0.6) is 0 Å². The van der Waals surface area contributed by atoms with Gasteiger partial charge in [-0.25, -0.2) is 22.7 Å². The van der Waals surface area contributed by atoms with E-state index in [0.717, 1.165) is 35.7 Å². The highest BCUT2D eigenvalue weighted by Crippen LogP contribution is 2.54. The van der Waals surface area contributed by atoms with E-state index in [0.29, 0.717) is 22.6 Å². The van der Waals surface area contributed by atoms with Gasteiger partial charge in [-0.05, 0) is 73.9 Å². The quantitative estimate of drug-likeness (QED) is 0.475. The van der Waals surface area contributed by atoms with Crippen molar-refractivity contribution in [1.82, 2.24) is 20.0 Å². The van der Waals surface area contributed by atoms with Gasteiger partial charge in [-0.15, -0.1) is 5.10 Å². The minimum absolute atomic E-state index is 0.162. The molecule has 202 valence electrons. The van der Waals surface area contributed by atoms with E-state index in [-0.39, 0.29) is 25.9 Å². The van der Waals surface area contributed by atoms with Gasteiger partial charge in [0.1, 0.15) is 22.5 Å². The number of aryl methyl sites for hydroxylation is 1. The van der Waals surface area contributed by atoms with Gasteiger partial charge in [0, 0.05) is 51.0 Å². The van der Waals surface area contributed by atoms with Crippen molar-refractivity contribution >= 4 is 28.2 Å². The fourth-order valence-corrected chi connectivity index (χ4v) is 6.06. The van der Waals surface area contributed by atoms with Crippen molar-refractivity contribution < 1.29 is 13.0 Å². The average molecular weight is 542 g/mol. The van der Waals surface area contributed by atoms with Gasteiger partial charge in [0.05, 0.1) is 23.3 Å². The molecule has 1 unspecified atom stereocenters. The molecular formula is C27H33F2N7OS. The third-order valence-electron chi connectivity index (χ3n) is 8.14. The summed E-state index contributed by atoms with van der Waals surface area (Å²) in [6.07, 6.45) is 8.20. The first-order valence-electron chi connectivity index (χ1n) is 13.2. The van der Waals surface area contributed by atoms with Gasteiger partial charge in [0.2, 0.25) is 0 Å². The Bertz CT molecular complexity index is 1350. The second-order valence-electron chi connectivity index (χ2n) is 11.0. The summed E-state index contributed by atoms with van der Waals surface area (Å²) in [5, 5.41) is 8.88. The zero-order chi connectivity index (χ0) is 26.5. The second kappa shape index (κ2) is 9.59. The molecule has 1 N–H and O–H groups in total.